The molecule has 6 aliphatic rings. The van der Waals surface area contributed by atoms with E-state index in [4.69, 9.17) is 14.7 Å². The van der Waals surface area contributed by atoms with E-state index in [0.717, 1.165) is 67.0 Å². The van der Waals surface area contributed by atoms with Crippen LogP contribution in [-0.2, 0) is 19.4 Å². The first-order chi connectivity index (χ1) is 21.6. The van der Waals surface area contributed by atoms with Gasteiger partial charge >= 0.3 is 6.01 Å². The van der Waals surface area contributed by atoms with Crippen molar-refractivity contribution in [3.8, 4) is 11.8 Å². The van der Waals surface area contributed by atoms with Crippen LogP contribution in [0.1, 0.15) is 75.1 Å². The minimum Gasteiger partial charge on any atom is -0.508 e. The van der Waals surface area contributed by atoms with E-state index in [1.165, 1.54) is 74.4 Å². The molecule has 1 saturated carbocycles. The number of anilines is 2. The van der Waals surface area contributed by atoms with E-state index in [-0.39, 0.29) is 5.54 Å². The fourth-order valence-electron chi connectivity index (χ4n) is 10.2. The number of aromatic hydroxyl groups is 1. The molecule has 1 aromatic heterocycles. The summed E-state index contributed by atoms with van der Waals surface area (Å²) in [4.78, 5) is 18.2. The van der Waals surface area contributed by atoms with Crippen molar-refractivity contribution in [2.75, 3.05) is 42.6 Å². The van der Waals surface area contributed by atoms with Crippen molar-refractivity contribution in [3.63, 3.8) is 0 Å². The molecule has 0 radical (unpaired) electrons. The van der Waals surface area contributed by atoms with E-state index in [2.05, 4.69) is 45.1 Å². The summed E-state index contributed by atoms with van der Waals surface area (Å²) in [5, 5.41) is 16.9. The average Bonchev–Trinajstić information content (AvgIpc) is 3.80. The standard InChI is InChI=1S/C36H46N6O2/c1-2-23-6-3-7-24-16-28(43)17-32(33(23)24)40-15-12-29-30(21-40)38-35(39-34(29)41-19-26-10-11-27(20-41)37-26)44-22-36-13-5-14-42(36)31-9-4-8-25(31)18-36/h3,6-7,16-17,25-27,31,37,43H,2,4-5,8-15,18-22H2,1H3/t25-,26?,27?,31-,36-/m1/s1. The number of nitrogens with zero attached hydrogens (tertiary/aromatic N) is 5. The molecule has 2 bridgehead atoms. The van der Waals surface area contributed by atoms with Crippen LogP contribution in [0.15, 0.2) is 30.3 Å². The maximum atomic E-state index is 10.7. The predicted octanol–water partition coefficient (Wildman–Crippen LogP) is 5.19. The van der Waals surface area contributed by atoms with Gasteiger partial charge < -0.3 is 25.0 Å². The fraction of sp³-hybridized carbons (Fsp3) is 0.611. The van der Waals surface area contributed by atoms with E-state index in [1.54, 1.807) is 0 Å². The Labute approximate surface area is 260 Å². The molecular weight excluding hydrogens is 548 g/mol. The number of hydrogen-bond acceptors (Lipinski definition) is 8. The average molecular weight is 595 g/mol. The molecule has 8 nitrogen and oxygen atoms in total. The van der Waals surface area contributed by atoms with E-state index in [9.17, 15) is 5.11 Å². The molecule has 8 heteroatoms. The van der Waals surface area contributed by atoms with Gasteiger partial charge in [-0.2, -0.15) is 9.97 Å². The highest BCUT2D eigenvalue weighted by molar-refractivity contribution is 5.98. The van der Waals surface area contributed by atoms with Crippen molar-refractivity contribution in [1.82, 2.24) is 20.2 Å². The molecule has 0 amide bonds. The number of rotatable bonds is 6. The summed E-state index contributed by atoms with van der Waals surface area (Å²) in [6.45, 7) is 7.70. The molecule has 2 N–H and O–H groups in total. The highest BCUT2D eigenvalue weighted by Crippen LogP contribution is 2.51. The zero-order valence-electron chi connectivity index (χ0n) is 26.1. The van der Waals surface area contributed by atoms with Gasteiger partial charge in [-0.1, -0.05) is 31.5 Å². The van der Waals surface area contributed by atoms with Crippen LogP contribution in [0.5, 0.6) is 11.8 Å². The maximum Gasteiger partial charge on any atom is 0.318 e. The van der Waals surface area contributed by atoms with Crippen LogP contribution in [0.2, 0.25) is 0 Å². The Morgan fingerprint density at radius 2 is 1.91 bits per heavy atom. The lowest BCUT2D eigenvalue weighted by atomic mass is 9.90. The number of fused-ring (bicyclic) bond motifs is 7. The number of nitrogens with one attached hydrogen (secondary N) is 1. The number of aromatic nitrogens is 2. The van der Waals surface area contributed by atoms with Crippen LogP contribution < -0.4 is 19.9 Å². The van der Waals surface area contributed by atoms with E-state index >= 15 is 0 Å². The topological polar surface area (TPSA) is 77.0 Å². The molecule has 6 heterocycles. The first-order valence-corrected chi connectivity index (χ1v) is 17.4. The molecule has 1 aliphatic carbocycles. The summed E-state index contributed by atoms with van der Waals surface area (Å²) in [5.74, 6) is 2.26. The van der Waals surface area contributed by atoms with Crippen molar-refractivity contribution < 1.29 is 9.84 Å². The summed E-state index contributed by atoms with van der Waals surface area (Å²) in [6, 6.07) is 12.7. The van der Waals surface area contributed by atoms with Gasteiger partial charge in [-0.3, -0.25) is 4.90 Å². The van der Waals surface area contributed by atoms with Gasteiger partial charge in [0.15, 0.2) is 0 Å². The zero-order chi connectivity index (χ0) is 29.4. The molecule has 44 heavy (non-hydrogen) atoms. The van der Waals surface area contributed by atoms with Crippen molar-refractivity contribution in [1.29, 1.82) is 0 Å². The number of ether oxygens (including phenoxy) is 1. The van der Waals surface area contributed by atoms with Crippen LogP contribution in [0.3, 0.4) is 0 Å². The van der Waals surface area contributed by atoms with E-state index in [1.807, 2.05) is 12.1 Å². The van der Waals surface area contributed by atoms with Gasteiger partial charge in [0.1, 0.15) is 18.2 Å². The second-order valence-corrected chi connectivity index (χ2v) is 14.6. The Bertz CT molecular complexity index is 1580. The third-order valence-corrected chi connectivity index (χ3v) is 12.1. The molecule has 3 aromatic rings. The van der Waals surface area contributed by atoms with Crippen LogP contribution in [0.25, 0.3) is 10.8 Å². The molecule has 0 spiro atoms. The van der Waals surface area contributed by atoms with Gasteiger partial charge in [0.05, 0.1) is 17.8 Å². The Balaban J connectivity index is 1.07. The Morgan fingerprint density at radius 1 is 1.02 bits per heavy atom. The van der Waals surface area contributed by atoms with Gasteiger partial charge in [0, 0.05) is 60.5 Å². The molecule has 2 aromatic carbocycles. The molecule has 4 saturated heterocycles. The zero-order valence-corrected chi connectivity index (χ0v) is 26.1. The maximum absolute atomic E-state index is 10.7. The highest BCUT2D eigenvalue weighted by Gasteiger charge is 2.55. The quantitative estimate of drug-likeness (QED) is 0.404. The lowest BCUT2D eigenvalue weighted by Crippen LogP contribution is -2.52. The van der Waals surface area contributed by atoms with Crippen molar-refractivity contribution >= 4 is 22.3 Å². The Hall–Kier alpha value is -3.10. The SMILES string of the molecule is CCc1cccc2cc(O)cc(N3CCc4c(nc(OC[C@]56CCCN5[C@@H]5CCC[C@@H]5C6)nc4N4CC5CCC(C4)N5)C3)c12. The minimum atomic E-state index is 0.159. The number of hydrogen-bond donors (Lipinski definition) is 2. The number of phenolic OH excluding ortho intramolecular Hbond substituents is 1. The second-order valence-electron chi connectivity index (χ2n) is 14.6. The highest BCUT2D eigenvalue weighted by atomic mass is 16.5. The lowest BCUT2D eigenvalue weighted by molar-refractivity contribution is 0.0829. The number of piperazine rings is 1. The van der Waals surface area contributed by atoms with Gasteiger partial charge in [-0.15, -0.1) is 0 Å². The summed E-state index contributed by atoms with van der Waals surface area (Å²) in [7, 11) is 0. The first-order valence-electron chi connectivity index (χ1n) is 17.4. The Morgan fingerprint density at radius 3 is 2.77 bits per heavy atom. The van der Waals surface area contributed by atoms with Crippen molar-refractivity contribution in [2.24, 2.45) is 5.92 Å². The van der Waals surface area contributed by atoms with Crippen molar-refractivity contribution in [3.05, 3.63) is 47.2 Å². The van der Waals surface area contributed by atoms with Crippen molar-refractivity contribution in [2.45, 2.75) is 101 Å². The smallest absolute Gasteiger partial charge is 0.318 e. The van der Waals surface area contributed by atoms with Crippen LogP contribution >= 0.6 is 0 Å². The summed E-state index contributed by atoms with van der Waals surface area (Å²) >= 11 is 0. The molecule has 2 unspecified atom stereocenters. The number of aryl methyl sites for hydroxylation is 1. The van der Waals surface area contributed by atoms with Crippen LogP contribution in [0, 0.1) is 5.92 Å². The number of benzene rings is 2. The fourth-order valence-corrected chi connectivity index (χ4v) is 10.2. The molecule has 232 valence electrons. The van der Waals surface area contributed by atoms with Crippen LogP contribution in [0.4, 0.5) is 11.5 Å². The Kier molecular flexibility index (Phi) is 6.49. The summed E-state index contributed by atoms with van der Waals surface area (Å²) < 4.78 is 6.73. The molecule has 5 atom stereocenters. The molecule has 5 aliphatic heterocycles. The second kappa shape index (κ2) is 10.5. The van der Waals surface area contributed by atoms with Gasteiger partial charge in [0.2, 0.25) is 0 Å². The molecule has 9 rings (SSSR count). The molecule has 5 fully saturated rings. The minimum absolute atomic E-state index is 0.159. The van der Waals surface area contributed by atoms with E-state index in [0.29, 0.717) is 37.0 Å². The number of phenols is 1. The van der Waals surface area contributed by atoms with E-state index < -0.39 is 0 Å². The van der Waals surface area contributed by atoms with Gasteiger partial charge in [-0.05, 0) is 87.3 Å². The third kappa shape index (κ3) is 4.38. The monoisotopic (exact) mass is 594 g/mol. The largest absolute Gasteiger partial charge is 0.508 e. The lowest BCUT2D eigenvalue weighted by Gasteiger charge is -2.38. The van der Waals surface area contributed by atoms with Gasteiger partial charge in [0.25, 0.3) is 0 Å². The summed E-state index contributed by atoms with van der Waals surface area (Å²) in [5.41, 5.74) is 4.94. The van der Waals surface area contributed by atoms with Gasteiger partial charge in [-0.25, -0.2) is 0 Å². The summed E-state index contributed by atoms with van der Waals surface area (Å²) in [6.07, 6.45) is 12.2. The predicted molar refractivity (Wildman–Crippen MR) is 174 cm³/mol. The van der Waals surface area contributed by atoms with Crippen LogP contribution in [-0.4, -0.2) is 76.4 Å². The normalized spacial score (nSPS) is 31.0. The third-order valence-electron chi connectivity index (χ3n) is 12.1. The first kappa shape index (κ1) is 27.2. The molecular formula is C36H46N6O2.